The molecule has 130 valence electrons. The number of fused-ring (bicyclic) bond motifs is 1. The predicted molar refractivity (Wildman–Crippen MR) is 98.6 cm³/mol. The SMILES string of the molecule is O=C(Nc1ccc2c(c1)CCC2)c1cccc(N2CCCS2(=O)=O)c1. The van der Waals surface area contributed by atoms with Crippen LogP contribution in [-0.2, 0) is 22.9 Å². The Labute approximate surface area is 147 Å². The largest absolute Gasteiger partial charge is 0.322 e. The molecule has 0 atom stereocenters. The van der Waals surface area contributed by atoms with Crippen LogP contribution in [0.25, 0.3) is 0 Å². The highest BCUT2D eigenvalue weighted by molar-refractivity contribution is 7.93. The molecule has 0 spiro atoms. The van der Waals surface area contributed by atoms with Crippen LogP contribution in [0.1, 0.15) is 34.3 Å². The highest BCUT2D eigenvalue weighted by atomic mass is 32.2. The highest BCUT2D eigenvalue weighted by Gasteiger charge is 2.28. The molecular formula is C19H20N2O3S. The third kappa shape index (κ3) is 3.14. The van der Waals surface area contributed by atoms with Gasteiger partial charge in [0.05, 0.1) is 11.4 Å². The minimum atomic E-state index is -3.25. The first-order valence-electron chi connectivity index (χ1n) is 8.57. The van der Waals surface area contributed by atoms with Gasteiger partial charge in [0.15, 0.2) is 0 Å². The van der Waals surface area contributed by atoms with Gasteiger partial charge in [0.25, 0.3) is 5.91 Å². The van der Waals surface area contributed by atoms with E-state index < -0.39 is 10.0 Å². The summed E-state index contributed by atoms with van der Waals surface area (Å²) in [5.41, 5.74) is 4.46. The fourth-order valence-electron chi connectivity index (χ4n) is 3.58. The van der Waals surface area contributed by atoms with Crippen LogP contribution in [0.5, 0.6) is 0 Å². The van der Waals surface area contributed by atoms with E-state index in [1.807, 2.05) is 12.1 Å². The minimum Gasteiger partial charge on any atom is -0.322 e. The Balaban J connectivity index is 1.55. The van der Waals surface area contributed by atoms with Crippen LogP contribution in [0.2, 0.25) is 0 Å². The molecule has 0 radical (unpaired) electrons. The maximum Gasteiger partial charge on any atom is 0.255 e. The molecule has 25 heavy (non-hydrogen) atoms. The van der Waals surface area contributed by atoms with Crippen LogP contribution in [-0.4, -0.2) is 26.6 Å². The van der Waals surface area contributed by atoms with Crippen molar-refractivity contribution in [3.63, 3.8) is 0 Å². The number of anilines is 2. The van der Waals surface area contributed by atoms with Crippen LogP contribution >= 0.6 is 0 Å². The van der Waals surface area contributed by atoms with Crippen LogP contribution in [0.4, 0.5) is 11.4 Å². The van der Waals surface area contributed by atoms with E-state index >= 15 is 0 Å². The normalized spacial score (nSPS) is 18.2. The molecule has 1 N–H and O–H groups in total. The van der Waals surface area contributed by atoms with Gasteiger partial charge in [0.2, 0.25) is 10.0 Å². The number of sulfonamides is 1. The smallest absolute Gasteiger partial charge is 0.255 e. The summed E-state index contributed by atoms with van der Waals surface area (Å²) in [5.74, 6) is -0.0603. The van der Waals surface area contributed by atoms with E-state index in [0.717, 1.165) is 18.5 Å². The van der Waals surface area contributed by atoms with Gasteiger partial charge in [-0.15, -0.1) is 0 Å². The van der Waals surface area contributed by atoms with E-state index in [4.69, 9.17) is 0 Å². The van der Waals surface area contributed by atoms with Gasteiger partial charge < -0.3 is 5.32 Å². The van der Waals surface area contributed by atoms with Gasteiger partial charge in [0.1, 0.15) is 0 Å². The molecular weight excluding hydrogens is 336 g/mol. The van der Waals surface area contributed by atoms with Crippen LogP contribution in [0, 0.1) is 0 Å². The number of nitrogens with one attached hydrogen (secondary N) is 1. The first-order valence-corrected chi connectivity index (χ1v) is 10.2. The second kappa shape index (κ2) is 6.19. The van der Waals surface area contributed by atoms with Crippen molar-refractivity contribution < 1.29 is 13.2 Å². The second-order valence-electron chi connectivity index (χ2n) is 6.58. The fourth-order valence-corrected chi connectivity index (χ4v) is 5.14. The number of hydrogen-bond donors (Lipinski definition) is 1. The molecule has 4 rings (SSSR count). The van der Waals surface area contributed by atoms with Gasteiger partial charge in [-0.2, -0.15) is 0 Å². The number of hydrogen-bond acceptors (Lipinski definition) is 3. The first-order chi connectivity index (χ1) is 12.0. The van der Waals surface area contributed by atoms with Gasteiger partial charge in [-0.05, 0) is 67.1 Å². The first kappa shape index (κ1) is 16.1. The Morgan fingerprint density at radius 3 is 2.64 bits per heavy atom. The average Bonchev–Trinajstić information content (AvgIpc) is 3.20. The van der Waals surface area contributed by atoms with Crippen molar-refractivity contribution in [1.29, 1.82) is 0 Å². The molecule has 1 saturated heterocycles. The van der Waals surface area contributed by atoms with E-state index in [1.54, 1.807) is 24.3 Å². The van der Waals surface area contributed by atoms with E-state index in [0.29, 0.717) is 24.2 Å². The van der Waals surface area contributed by atoms with Crippen molar-refractivity contribution >= 4 is 27.3 Å². The van der Waals surface area contributed by atoms with E-state index in [9.17, 15) is 13.2 Å². The van der Waals surface area contributed by atoms with Crippen molar-refractivity contribution in [3.05, 3.63) is 59.2 Å². The summed E-state index contributed by atoms with van der Waals surface area (Å²) in [4.78, 5) is 12.6. The minimum absolute atomic E-state index is 0.165. The lowest BCUT2D eigenvalue weighted by molar-refractivity contribution is 0.102. The monoisotopic (exact) mass is 356 g/mol. The van der Waals surface area contributed by atoms with E-state index in [2.05, 4.69) is 11.4 Å². The number of carbonyl (C=O) groups is 1. The van der Waals surface area contributed by atoms with Crippen LogP contribution in [0.15, 0.2) is 42.5 Å². The summed E-state index contributed by atoms with van der Waals surface area (Å²) in [6.07, 6.45) is 3.95. The maximum atomic E-state index is 12.6. The molecule has 0 unspecified atom stereocenters. The van der Waals surface area contributed by atoms with Crippen molar-refractivity contribution in [2.45, 2.75) is 25.7 Å². The lowest BCUT2D eigenvalue weighted by atomic mass is 10.1. The fraction of sp³-hybridized carbons (Fsp3) is 0.316. The molecule has 1 amide bonds. The standard InChI is InChI=1S/C19H20N2O3S/c22-19(20-17-9-8-14-4-1-5-15(14)12-17)16-6-2-7-18(13-16)21-10-3-11-25(21,23)24/h2,6-9,12-13H,1,3-5,10-11H2,(H,20,22). The van der Waals surface area contributed by atoms with Crippen molar-refractivity contribution in [2.24, 2.45) is 0 Å². The molecule has 1 aliphatic heterocycles. The van der Waals surface area contributed by atoms with Gasteiger partial charge in [0, 0.05) is 17.8 Å². The van der Waals surface area contributed by atoms with E-state index in [-0.39, 0.29) is 11.7 Å². The summed E-state index contributed by atoms with van der Waals surface area (Å²) in [7, 11) is -3.25. The maximum absolute atomic E-state index is 12.6. The Hall–Kier alpha value is -2.34. The summed E-state index contributed by atoms with van der Waals surface area (Å²) < 4.78 is 25.5. The number of amides is 1. The number of nitrogens with zero attached hydrogens (tertiary/aromatic N) is 1. The molecule has 2 aromatic rings. The summed E-state index contributed by atoms with van der Waals surface area (Å²) in [6, 6.07) is 12.8. The second-order valence-corrected chi connectivity index (χ2v) is 8.60. The molecule has 1 fully saturated rings. The summed E-state index contributed by atoms with van der Waals surface area (Å²) in [5, 5.41) is 2.92. The molecule has 0 bridgehead atoms. The third-order valence-corrected chi connectivity index (χ3v) is 6.72. The van der Waals surface area contributed by atoms with Crippen LogP contribution in [0.3, 0.4) is 0 Å². The molecule has 2 aliphatic rings. The van der Waals surface area contributed by atoms with Gasteiger partial charge in [-0.25, -0.2) is 8.42 Å². The summed E-state index contributed by atoms with van der Waals surface area (Å²) >= 11 is 0. The molecule has 0 aromatic heterocycles. The van der Waals surface area contributed by atoms with Crippen molar-refractivity contribution in [1.82, 2.24) is 0 Å². The lowest BCUT2D eigenvalue weighted by Crippen LogP contribution is -2.25. The van der Waals surface area contributed by atoms with Gasteiger partial charge in [-0.3, -0.25) is 9.10 Å². The molecule has 0 saturated carbocycles. The predicted octanol–water partition coefficient (Wildman–Crippen LogP) is 2.97. The number of rotatable bonds is 3. The van der Waals surface area contributed by atoms with Crippen molar-refractivity contribution in [3.8, 4) is 0 Å². The molecule has 5 nitrogen and oxygen atoms in total. The van der Waals surface area contributed by atoms with Gasteiger partial charge in [-0.1, -0.05) is 12.1 Å². The number of benzene rings is 2. The zero-order valence-electron chi connectivity index (χ0n) is 13.9. The Bertz CT molecular complexity index is 937. The molecule has 6 heteroatoms. The Morgan fingerprint density at radius 2 is 1.84 bits per heavy atom. The molecule has 1 heterocycles. The van der Waals surface area contributed by atoms with E-state index in [1.165, 1.54) is 21.9 Å². The molecule has 1 aliphatic carbocycles. The number of carbonyl (C=O) groups excluding carboxylic acids is 1. The Kier molecular flexibility index (Phi) is 4.00. The van der Waals surface area contributed by atoms with Crippen LogP contribution < -0.4 is 9.62 Å². The van der Waals surface area contributed by atoms with Crippen molar-refractivity contribution in [2.75, 3.05) is 21.9 Å². The lowest BCUT2D eigenvalue weighted by Gasteiger charge is -2.17. The highest BCUT2D eigenvalue weighted by Crippen LogP contribution is 2.27. The Morgan fingerprint density at radius 1 is 1.00 bits per heavy atom. The third-order valence-electron chi connectivity index (χ3n) is 4.85. The zero-order valence-corrected chi connectivity index (χ0v) is 14.7. The average molecular weight is 356 g/mol. The quantitative estimate of drug-likeness (QED) is 0.919. The molecule has 2 aromatic carbocycles. The zero-order chi connectivity index (χ0) is 17.4. The number of aryl methyl sites for hydroxylation is 2. The topological polar surface area (TPSA) is 66.5 Å². The van der Waals surface area contributed by atoms with Gasteiger partial charge >= 0.3 is 0 Å². The summed E-state index contributed by atoms with van der Waals surface area (Å²) in [6.45, 7) is 0.470.